The van der Waals surface area contributed by atoms with Gasteiger partial charge in [-0.05, 0) is 48.7 Å². The average molecular weight is 357 g/mol. The molecule has 0 aliphatic rings. The Bertz CT molecular complexity index is 743. The van der Waals surface area contributed by atoms with Crippen LogP contribution in [0.1, 0.15) is 41.3 Å². The van der Waals surface area contributed by atoms with Crippen molar-refractivity contribution in [3.05, 3.63) is 53.1 Å². The highest BCUT2D eigenvalue weighted by atomic mass is 16.5. The summed E-state index contributed by atoms with van der Waals surface area (Å²) in [6.45, 7) is 5.13. The van der Waals surface area contributed by atoms with E-state index < -0.39 is 0 Å². The van der Waals surface area contributed by atoms with Gasteiger partial charge in [-0.25, -0.2) is 0 Å². The van der Waals surface area contributed by atoms with Crippen LogP contribution in [-0.2, 0) is 6.54 Å². The average Bonchev–Trinajstić information content (AvgIpc) is 2.67. The van der Waals surface area contributed by atoms with E-state index in [0.29, 0.717) is 30.2 Å². The number of ether oxygens (including phenoxy) is 3. The summed E-state index contributed by atoms with van der Waals surface area (Å²) in [6.07, 6.45) is 2.08. The molecule has 2 aromatic rings. The van der Waals surface area contributed by atoms with Gasteiger partial charge in [-0.1, -0.05) is 25.5 Å². The van der Waals surface area contributed by atoms with E-state index in [4.69, 9.17) is 14.2 Å². The Hall–Kier alpha value is -2.69. The van der Waals surface area contributed by atoms with Crippen molar-refractivity contribution in [2.24, 2.45) is 0 Å². The largest absolute Gasteiger partial charge is 0.496 e. The fourth-order valence-electron chi connectivity index (χ4n) is 2.51. The lowest BCUT2D eigenvalue weighted by atomic mass is 10.1. The van der Waals surface area contributed by atoms with Crippen LogP contribution >= 0.6 is 0 Å². The van der Waals surface area contributed by atoms with E-state index in [-0.39, 0.29) is 5.91 Å². The molecule has 0 aliphatic heterocycles. The molecule has 0 bridgehead atoms. The SMILES string of the molecule is CCCCOc1ccc(CNC(=O)c2ccc(C)c(OC)c2)cc1OC. The normalized spacial score (nSPS) is 10.3. The zero-order chi connectivity index (χ0) is 18.9. The lowest BCUT2D eigenvalue weighted by Crippen LogP contribution is -2.22. The second-order valence-electron chi connectivity index (χ2n) is 6.05. The number of rotatable bonds is 9. The Kier molecular flexibility index (Phi) is 7.33. The van der Waals surface area contributed by atoms with Crippen molar-refractivity contribution < 1.29 is 19.0 Å². The van der Waals surface area contributed by atoms with Crippen molar-refractivity contribution in [3.63, 3.8) is 0 Å². The summed E-state index contributed by atoms with van der Waals surface area (Å²) < 4.78 is 16.4. The molecule has 140 valence electrons. The molecule has 2 aromatic carbocycles. The minimum Gasteiger partial charge on any atom is -0.496 e. The van der Waals surface area contributed by atoms with Crippen LogP contribution in [0.25, 0.3) is 0 Å². The monoisotopic (exact) mass is 357 g/mol. The van der Waals surface area contributed by atoms with Gasteiger partial charge in [0.15, 0.2) is 11.5 Å². The van der Waals surface area contributed by atoms with Gasteiger partial charge in [0, 0.05) is 12.1 Å². The van der Waals surface area contributed by atoms with Gasteiger partial charge in [0.25, 0.3) is 5.91 Å². The van der Waals surface area contributed by atoms with Crippen molar-refractivity contribution in [1.29, 1.82) is 0 Å². The number of hydrogen-bond donors (Lipinski definition) is 1. The van der Waals surface area contributed by atoms with Crippen molar-refractivity contribution in [2.45, 2.75) is 33.2 Å². The van der Waals surface area contributed by atoms with E-state index in [9.17, 15) is 4.79 Å². The summed E-state index contributed by atoms with van der Waals surface area (Å²) in [5.74, 6) is 1.95. The van der Waals surface area contributed by atoms with Gasteiger partial charge in [0.1, 0.15) is 5.75 Å². The van der Waals surface area contributed by atoms with E-state index in [1.54, 1.807) is 26.4 Å². The van der Waals surface area contributed by atoms with Crippen LogP contribution in [0.4, 0.5) is 0 Å². The van der Waals surface area contributed by atoms with E-state index in [1.807, 2.05) is 31.2 Å². The molecule has 0 unspecified atom stereocenters. The summed E-state index contributed by atoms with van der Waals surface area (Å²) >= 11 is 0. The van der Waals surface area contributed by atoms with Crippen LogP contribution in [0.3, 0.4) is 0 Å². The molecule has 0 aliphatic carbocycles. The van der Waals surface area contributed by atoms with Gasteiger partial charge in [0.05, 0.1) is 20.8 Å². The predicted octanol–water partition coefficient (Wildman–Crippen LogP) is 4.12. The number of methoxy groups -OCH3 is 2. The smallest absolute Gasteiger partial charge is 0.251 e. The van der Waals surface area contributed by atoms with E-state index in [1.165, 1.54) is 0 Å². The highest BCUT2D eigenvalue weighted by Gasteiger charge is 2.10. The molecule has 0 fully saturated rings. The minimum absolute atomic E-state index is 0.148. The van der Waals surface area contributed by atoms with Gasteiger partial charge in [-0.2, -0.15) is 0 Å². The zero-order valence-electron chi connectivity index (χ0n) is 15.9. The first kappa shape index (κ1) is 19.6. The van der Waals surface area contributed by atoms with Gasteiger partial charge in [-0.15, -0.1) is 0 Å². The predicted molar refractivity (Wildman–Crippen MR) is 102 cm³/mol. The summed E-state index contributed by atoms with van der Waals surface area (Å²) in [6, 6.07) is 11.1. The zero-order valence-corrected chi connectivity index (χ0v) is 15.9. The number of aryl methyl sites for hydroxylation is 1. The van der Waals surface area contributed by atoms with Gasteiger partial charge in [-0.3, -0.25) is 4.79 Å². The Balaban J connectivity index is 2.01. The van der Waals surface area contributed by atoms with Crippen LogP contribution in [0.15, 0.2) is 36.4 Å². The quantitative estimate of drug-likeness (QED) is 0.686. The van der Waals surface area contributed by atoms with Crippen molar-refractivity contribution in [2.75, 3.05) is 20.8 Å². The van der Waals surface area contributed by atoms with Crippen LogP contribution in [0, 0.1) is 6.92 Å². The lowest BCUT2D eigenvalue weighted by Gasteiger charge is -2.13. The summed E-state index contributed by atoms with van der Waals surface area (Å²) in [7, 11) is 3.21. The molecule has 5 nitrogen and oxygen atoms in total. The molecule has 0 saturated carbocycles. The molecule has 1 amide bonds. The maximum absolute atomic E-state index is 12.4. The van der Waals surface area contributed by atoms with Gasteiger partial charge >= 0.3 is 0 Å². The van der Waals surface area contributed by atoms with Crippen LogP contribution < -0.4 is 19.5 Å². The molecule has 2 rings (SSSR count). The van der Waals surface area contributed by atoms with Crippen molar-refractivity contribution >= 4 is 5.91 Å². The highest BCUT2D eigenvalue weighted by molar-refractivity contribution is 5.94. The molecule has 0 spiro atoms. The summed E-state index contributed by atoms with van der Waals surface area (Å²) in [5.41, 5.74) is 2.50. The first-order valence-corrected chi connectivity index (χ1v) is 8.81. The van der Waals surface area contributed by atoms with Gasteiger partial charge < -0.3 is 19.5 Å². The van der Waals surface area contributed by atoms with Crippen molar-refractivity contribution in [3.8, 4) is 17.2 Å². The molecule has 26 heavy (non-hydrogen) atoms. The first-order chi connectivity index (χ1) is 12.6. The molecular weight excluding hydrogens is 330 g/mol. The molecule has 1 N–H and O–H groups in total. The third kappa shape index (κ3) is 5.15. The Labute approximate surface area is 155 Å². The molecule has 0 atom stereocenters. The molecular formula is C21H27NO4. The third-order valence-corrected chi connectivity index (χ3v) is 4.11. The molecule has 0 heterocycles. The van der Waals surface area contributed by atoms with Crippen molar-refractivity contribution in [1.82, 2.24) is 5.32 Å². The number of carbonyl (C=O) groups excluding carboxylic acids is 1. The number of unbranched alkanes of at least 4 members (excludes halogenated alkanes) is 1. The summed E-state index contributed by atoms with van der Waals surface area (Å²) in [5, 5.41) is 2.92. The summed E-state index contributed by atoms with van der Waals surface area (Å²) in [4.78, 5) is 12.4. The number of amides is 1. The molecule has 0 saturated heterocycles. The fourth-order valence-corrected chi connectivity index (χ4v) is 2.51. The number of benzene rings is 2. The highest BCUT2D eigenvalue weighted by Crippen LogP contribution is 2.28. The van der Waals surface area contributed by atoms with E-state index in [2.05, 4.69) is 12.2 Å². The van der Waals surface area contributed by atoms with Gasteiger partial charge in [0.2, 0.25) is 0 Å². The minimum atomic E-state index is -0.148. The van der Waals surface area contributed by atoms with Crippen LogP contribution in [0.5, 0.6) is 17.2 Å². The first-order valence-electron chi connectivity index (χ1n) is 8.81. The maximum atomic E-state index is 12.4. The van der Waals surface area contributed by atoms with E-state index >= 15 is 0 Å². The molecule has 0 aromatic heterocycles. The number of nitrogens with one attached hydrogen (secondary N) is 1. The van der Waals surface area contributed by atoms with E-state index in [0.717, 1.165) is 29.7 Å². The Morgan fingerprint density at radius 2 is 1.77 bits per heavy atom. The number of hydrogen-bond acceptors (Lipinski definition) is 4. The topological polar surface area (TPSA) is 56.8 Å². The Morgan fingerprint density at radius 3 is 2.46 bits per heavy atom. The third-order valence-electron chi connectivity index (χ3n) is 4.11. The number of carbonyl (C=O) groups is 1. The molecule has 5 heteroatoms. The van der Waals surface area contributed by atoms with Crippen LogP contribution in [0.2, 0.25) is 0 Å². The Morgan fingerprint density at radius 1 is 1.00 bits per heavy atom. The maximum Gasteiger partial charge on any atom is 0.251 e. The lowest BCUT2D eigenvalue weighted by molar-refractivity contribution is 0.0950. The second-order valence-corrected chi connectivity index (χ2v) is 6.05. The molecule has 0 radical (unpaired) electrons. The standard InChI is InChI=1S/C21H27NO4/c1-5-6-11-26-18-10-8-16(12-20(18)25-4)14-22-21(23)17-9-7-15(2)19(13-17)24-3/h7-10,12-13H,5-6,11,14H2,1-4H3,(H,22,23). The fraction of sp³-hybridized carbons (Fsp3) is 0.381. The second kappa shape index (κ2) is 9.70. The van der Waals surface area contributed by atoms with Crippen LogP contribution in [-0.4, -0.2) is 26.7 Å².